The van der Waals surface area contributed by atoms with E-state index in [0.717, 1.165) is 28.7 Å². The third-order valence-electron chi connectivity index (χ3n) is 3.99. The second-order valence-electron chi connectivity index (χ2n) is 5.31. The summed E-state index contributed by atoms with van der Waals surface area (Å²) < 4.78 is 28.3. The second kappa shape index (κ2) is 5.11. The van der Waals surface area contributed by atoms with Crippen LogP contribution < -0.4 is 5.32 Å². The van der Waals surface area contributed by atoms with Crippen LogP contribution in [0.1, 0.15) is 18.4 Å². The van der Waals surface area contributed by atoms with Crippen LogP contribution in [-0.2, 0) is 10.0 Å². The molecule has 106 valence electrons. The van der Waals surface area contributed by atoms with Gasteiger partial charge < -0.3 is 5.32 Å². The van der Waals surface area contributed by atoms with Crippen molar-refractivity contribution in [1.82, 2.24) is 9.62 Å². The van der Waals surface area contributed by atoms with E-state index < -0.39 is 10.0 Å². The number of piperidine rings is 1. The predicted octanol–water partition coefficient (Wildman–Crippen LogP) is 2.19. The van der Waals surface area contributed by atoms with Crippen LogP contribution in [0.4, 0.5) is 0 Å². The molecule has 2 saturated heterocycles. The van der Waals surface area contributed by atoms with Crippen LogP contribution in [0.3, 0.4) is 0 Å². The van der Waals surface area contributed by atoms with E-state index in [0.29, 0.717) is 29.3 Å². The van der Waals surface area contributed by atoms with Gasteiger partial charge in [-0.2, -0.15) is 4.31 Å². The minimum absolute atomic E-state index is 0.341. The number of nitrogens with zero attached hydrogens (tertiary/aromatic N) is 1. The number of thiophene rings is 1. The lowest BCUT2D eigenvalue weighted by atomic mass is 9.94. The average molecular weight is 365 g/mol. The molecule has 3 rings (SSSR count). The molecule has 19 heavy (non-hydrogen) atoms. The van der Waals surface area contributed by atoms with Crippen molar-refractivity contribution in [1.29, 1.82) is 0 Å². The first-order valence-corrected chi connectivity index (χ1v) is 9.53. The van der Waals surface area contributed by atoms with Gasteiger partial charge in [-0.25, -0.2) is 8.42 Å². The predicted molar refractivity (Wildman–Crippen MR) is 80.0 cm³/mol. The van der Waals surface area contributed by atoms with E-state index in [1.165, 1.54) is 11.3 Å². The number of nitrogens with one attached hydrogen (secondary N) is 1. The normalized spacial score (nSPS) is 28.5. The van der Waals surface area contributed by atoms with Gasteiger partial charge in [-0.1, -0.05) is 0 Å². The molecule has 7 heteroatoms. The molecule has 0 saturated carbocycles. The zero-order valence-corrected chi connectivity index (χ0v) is 13.9. The van der Waals surface area contributed by atoms with Crippen LogP contribution in [0.15, 0.2) is 14.1 Å². The molecule has 1 N–H and O–H groups in total. The van der Waals surface area contributed by atoms with Gasteiger partial charge in [0.2, 0.25) is 0 Å². The first-order valence-electron chi connectivity index (χ1n) is 6.48. The van der Waals surface area contributed by atoms with E-state index in [4.69, 9.17) is 0 Å². The largest absolute Gasteiger partial charge is 0.312 e. The summed E-state index contributed by atoms with van der Waals surface area (Å²) in [6.07, 6.45) is 2.29. The summed E-state index contributed by atoms with van der Waals surface area (Å²) in [7, 11) is -3.32. The van der Waals surface area contributed by atoms with Gasteiger partial charge in [-0.15, -0.1) is 11.3 Å². The summed E-state index contributed by atoms with van der Waals surface area (Å²) in [6.45, 7) is 4.21. The lowest BCUT2D eigenvalue weighted by molar-refractivity contribution is 0.339. The van der Waals surface area contributed by atoms with Gasteiger partial charge in [0.05, 0.1) is 3.79 Å². The Morgan fingerprint density at radius 2 is 2.26 bits per heavy atom. The number of hydrogen-bond donors (Lipinski definition) is 1. The van der Waals surface area contributed by atoms with Crippen molar-refractivity contribution >= 4 is 37.3 Å². The van der Waals surface area contributed by atoms with Crippen molar-refractivity contribution in [3.8, 4) is 0 Å². The van der Waals surface area contributed by atoms with Gasteiger partial charge in [0, 0.05) is 19.1 Å². The first kappa shape index (κ1) is 14.0. The molecular formula is C12H17BrN2O2S2. The van der Waals surface area contributed by atoms with Crippen molar-refractivity contribution in [2.24, 2.45) is 5.92 Å². The fraction of sp³-hybridized carbons (Fsp3) is 0.667. The molecule has 3 heterocycles. The van der Waals surface area contributed by atoms with E-state index in [9.17, 15) is 8.42 Å². The molecule has 0 aromatic carbocycles. The highest BCUT2D eigenvalue weighted by atomic mass is 79.9. The monoisotopic (exact) mass is 364 g/mol. The Hall–Kier alpha value is 0.0500. The van der Waals surface area contributed by atoms with E-state index in [2.05, 4.69) is 21.2 Å². The number of halogens is 1. The number of aryl methyl sites for hydroxylation is 1. The smallest absolute Gasteiger partial charge is 0.252 e. The number of rotatable bonds is 2. The minimum Gasteiger partial charge on any atom is -0.312 e. The fourth-order valence-corrected chi connectivity index (χ4v) is 6.79. The molecular weight excluding hydrogens is 348 g/mol. The minimum atomic E-state index is -3.32. The molecule has 0 bridgehead atoms. The summed E-state index contributed by atoms with van der Waals surface area (Å²) >= 11 is 4.71. The molecule has 0 amide bonds. The molecule has 0 spiro atoms. The van der Waals surface area contributed by atoms with Crippen LogP contribution in [-0.4, -0.2) is 38.4 Å². The van der Waals surface area contributed by atoms with Crippen LogP contribution in [0.5, 0.6) is 0 Å². The highest BCUT2D eigenvalue weighted by molar-refractivity contribution is 9.11. The van der Waals surface area contributed by atoms with Crippen molar-refractivity contribution in [2.75, 3.05) is 19.6 Å². The maximum atomic E-state index is 12.6. The maximum Gasteiger partial charge on any atom is 0.252 e. The lowest BCUT2D eigenvalue weighted by Gasteiger charge is -2.24. The summed E-state index contributed by atoms with van der Waals surface area (Å²) in [4.78, 5) is 0. The summed E-state index contributed by atoms with van der Waals surface area (Å²) in [5.41, 5.74) is 0.985. The lowest BCUT2D eigenvalue weighted by Crippen LogP contribution is -2.41. The van der Waals surface area contributed by atoms with E-state index in [-0.39, 0.29) is 0 Å². The van der Waals surface area contributed by atoms with Crippen molar-refractivity contribution in [2.45, 2.75) is 30.0 Å². The van der Waals surface area contributed by atoms with E-state index in [1.54, 1.807) is 10.4 Å². The van der Waals surface area contributed by atoms with Crippen molar-refractivity contribution in [3.05, 3.63) is 15.4 Å². The zero-order valence-electron chi connectivity index (χ0n) is 10.7. The molecule has 0 unspecified atom stereocenters. The van der Waals surface area contributed by atoms with Gasteiger partial charge in [0.15, 0.2) is 0 Å². The second-order valence-corrected chi connectivity index (χ2v) is 9.84. The third-order valence-corrected chi connectivity index (χ3v) is 8.41. The van der Waals surface area contributed by atoms with Crippen LogP contribution in [0, 0.1) is 12.8 Å². The fourth-order valence-electron chi connectivity index (χ4n) is 2.89. The number of sulfonamides is 1. The van der Waals surface area contributed by atoms with Gasteiger partial charge in [-0.3, -0.25) is 0 Å². The van der Waals surface area contributed by atoms with Crippen LogP contribution in [0.2, 0.25) is 0 Å². The summed E-state index contributed by atoms with van der Waals surface area (Å²) in [6, 6.07) is 2.10. The zero-order chi connectivity index (χ0) is 13.6. The molecule has 0 aliphatic carbocycles. The Morgan fingerprint density at radius 3 is 2.89 bits per heavy atom. The van der Waals surface area contributed by atoms with Crippen molar-refractivity contribution < 1.29 is 8.42 Å². The third kappa shape index (κ3) is 2.51. The van der Waals surface area contributed by atoms with E-state index >= 15 is 0 Å². The molecule has 1 aromatic heterocycles. The Kier molecular flexibility index (Phi) is 3.77. The first-order chi connectivity index (χ1) is 8.98. The molecule has 2 fully saturated rings. The molecule has 0 radical (unpaired) electrons. The topological polar surface area (TPSA) is 49.4 Å². The van der Waals surface area contributed by atoms with Crippen molar-refractivity contribution in [3.63, 3.8) is 0 Å². The van der Waals surface area contributed by atoms with E-state index in [1.807, 2.05) is 6.92 Å². The average Bonchev–Trinajstić information content (AvgIpc) is 2.94. The number of hydrogen-bond acceptors (Lipinski definition) is 4. The Balaban J connectivity index is 1.85. The molecule has 2 aliphatic heterocycles. The van der Waals surface area contributed by atoms with Crippen LogP contribution >= 0.6 is 27.3 Å². The quantitative estimate of drug-likeness (QED) is 0.874. The Morgan fingerprint density at radius 1 is 1.47 bits per heavy atom. The standard InChI is InChI=1S/C12H17BrN2O2S2/c1-8-5-11(18-12(8)13)19(16,17)15-6-9-3-2-4-14-10(9)7-15/h5,9-10,14H,2-4,6-7H2,1H3/t9-,10+/m0/s1. The number of fused-ring (bicyclic) bond motifs is 1. The van der Waals surface area contributed by atoms with Gasteiger partial charge in [-0.05, 0) is 59.8 Å². The molecule has 4 nitrogen and oxygen atoms in total. The Labute approximate surface area is 126 Å². The van der Waals surface area contributed by atoms with Gasteiger partial charge in [0.25, 0.3) is 10.0 Å². The maximum absolute atomic E-state index is 12.6. The highest BCUT2D eigenvalue weighted by Crippen LogP contribution is 2.35. The highest BCUT2D eigenvalue weighted by Gasteiger charge is 2.40. The Bertz CT molecular complexity index is 551. The SMILES string of the molecule is Cc1cc(S(=O)(=O)N2C[C@@H]3CCCN[C@@H]3C2)sc1Br. The van der Waals surface area contributed by atoms with Gasteiger partial charge in [0.1, 0.15) is 4.21 Å². The summed E-state index contributed by atoms with van der Waals surface area (Å²) in [5.74, 6) is 0.480. The molecule has 2 aliphatic rings. The molecule has 2 atom stereocenters. The van der Waals surface area contributed by atoms with Crippen LogP contribution in [0.25, 0.3) is 0 Å². The van der Waals surface area contributed by atoms with Gasteiger partial charge >= 0.3 is 0 Å². The summed E-state index contributed by atoms with van der Waals surface area (Å²) in [5, 5.41) is 3.44. The molecule has 1 aromatic rings.